The summed E-state index contributed by atoms with van der Waals surface area (Å²) < 4.78 is 3.50. The maximum atomic E-state index is 11.7. The van der Waals surface area contributed by atoms with E-state index in [1.54, 1.807) is 34.2 Å². The molecule has 0 spiro atoms. The summed E-state index contributed by atoms with van der Waals surface area (Å²) in [6, 6.07) is 3.36. The van der Waals surface area contributed by atoms with E-state index in [2.05, 4.69) is 4.98 Å². The maximum Gasteiger partial charge on any atom is 0.274 e. The van der Waals surface area contributed by atoms with Gasteiger partial charge in [0.15, 0.2) is 4.96 Å². The van der Waals surface area contributed by atoms with Crippen LogP contribution in [0.1, 0.15) is 5.69 Å². The first-order valence-corrected chi connectivity index (χ1v) is 5.98. The minimum Gasteiger partial charge on any atom is -0.394 e. The zero-order chi connectivity index (χ0) is 11.8. The average Bonchev–Trinajstić information content (AvgIpc) is 2.85. The summed E-state index contributed by atoms with van der Waals surface area (Å²) in [5.74, 6) is 0. The third-order valence-corrected chi connectivity index (χ3v) is 3.30. The Morgan fingerprint density at radius 2 is 2.29 bits per heavy atom. The second-order valence-corrected chi connectivity index (χ2v) is 4.59. The van der Waals surface area contributed by atoms with Crippen molar-refractivity contribution in [2.75, 3.05) is 5.73 Å². The Morgan fingerprint density at radius 3 is 3.12 bits per heavy atom. The van der Waals surface area contributed by atoms with E-state index < -0.39 is 0 Å². The highest BCUT2D eigenvalue weighted by Gasteiger charge is 2.05. The summed E-state index contributed by atoms with van der Waals surface area (Å²) in [6.45, 7) is 0.443. The van der Waals surface area contributed by atoms with Gasteiger partial charge in [0, 0.05) is 24.0 Å². The second kappa shape index (κ2) is 3.74. The van der Waals surface area contributed by atoms with Gasteiger partial charge >= 0.3 is 0 Å². The van der Waals surface area contributed by atoms with Gasteiger partial charge in [-0.15, -0.1) is 11.3 Å². The number of fused-ring (bicyclic) bond motifs is 1. The molecule has 0 atom stereocenters. The fraction of sp³-hybridized carbons (Fsp3) is 0.0909. The average molecular weight is 246 g/mol. The summed E-state index contributed by atoms with van der Waals surface area (Å²) in [6.07, 6.45) is 5.58. The van der Waals surface area contributed by atoms with Crippen LogP contribution in [0.3, 0.4) is 0 Å². The van der Waals surface area contributed by atoms with E-state index in [1.807, 2.05) is 22.2 Å². The van der Waals surface area contributed by atoms with Crippen LogP contribution in [0, 0.1) is 0 Å². The minimum atomic E-state index is -0.177. The van der Waals surface area contributed by atoms with Gasteiger partial charge in [-0.05, 0) is 12.1 Å². The van der Waals surface area contributed by atoms with Crippen LogP contribution >= 0.6 is 11.3 Å². The molecule has 0 aliphatic rings. The van der Waals surface area contributed by atoms with E-state index >= 15 is 0 Å². The van der Waals surface area contributed by atoms with Gasteiger partial charge in [0.2, 0.25) is 0 Å². The Hall–Kier alpha value is -2.08. The molecule has 0 bridgehead atoms. The Morgan fingerprint density at radius 1 is 1.41 bits per heavy atom. The predicted molar refractivity (Wildman–Crippen MR) is 67.3 cm³/mol. The molecule has 3 aromatic heterocycles. The molecule has 6 heteroatoms. The molecule has 86 valence electrons. The molecule has 3 rings (SSSR count). The van der Waals surface area contributed by atoms with Gasteiger partial charge in [-0.2, -0.15) is 0 Å². The van der Waals surface area contributed by atoms with Gasteiger partial charge in [0.25, 0.3) is 5.56 Å². The molecule has 0 aliphatic heterocycles. The van der Waals surface area contributed by atoms with E-state index in [0.29, 0.717) is 6.54 Å². The Bertz CT molecular complexity index is 696. The number of nitrogen functional groups attached to an aromatic ring is 1. The number of nitrogens with two attached hydrogens (primary N) is 1. The van der Waals surface area contributed by atoms with E-state index in [0.717, 1.165) is 10.7 Å². The molecule has 17 heavy (non-hydrogen) atoms. The molecule has 0 aliphatic carbocycles. The first-order valence-electron chi connectivity index (χ1n) is 5.10. The lowest BCUT2D eigenvalue weighted by Crippen LogP contribution is -2.22. The summed E-state index contributed by atoms with van der Waals surface area (Å²) >= 11 is 1.57. The molecule has 0 fully saturated rings. The molecule has 3 aromatic rings. The van der Waals surface area contributed by atoms with E-state index in [1.165, 1.54) is 0 Å². The quantitative estimate of drug-likeness (QED) is 0.738. The second-order valence-electron chi connectivity index (χ2n) is 3.72. The number of hydrogen-bond acceptors (Lipinski definition) is 4. The SMILES string of the molecule is Nc1cccn(Cc2cn3ccsc3n2)c1=O. The van der Waals surface area contributed by atoms with E-state index in [4.69, 9.17) is 5.73 Å². The highest BCUT2D eigenvalue weighted by molar-refractivity contribution is 7.15. The van der Waals surface area contributed by atoms with Gasteiger partial charge in [0.05, 0.1) is 17.9 Å². The zero-order valence-corrected chi connectivity index (χ0v) is 9.72. The highest BCUT2D eigenvalue weighted by Crippen LogP contribution is 2.11. The van der Waals surface area contributed by atoms with Crippen molar-refractivity contribution in [2.45, 2.75) is 6.54 Å². The van der Waals surface area contributed by atoms with Crippen molar-refractivity contribution in [3.8, 4) is 0 Å². The van der Waals surface area contributed by atoms with E-state index in [-0.39, 0.29) is 11.2 Å². The first-order chi connectivity index (χ1) is 8.24. The molecular weight excluding hydrogens is 236 g/mol. The Kier molecular flexibility index (Phi) is 2.22. The summed E-state index contributed by atoms with van der Waals surface area (Å²) in [5.41, 5.74) is 6.50. The number of nitrogens with zero attached hydrogens (tertiary/aromatic N) is 3. The van der Waals surface area contributed by atoms with Gasteiger partial charge < -0.3 is 10.3 Å². The number of thiazole rings is 1. The molecule has 0 radical (unpaired) electrons. The monoisotopic (exact) mass is 246 g/mol. The number of rotatable bonds is 2. The molecular formula is C11H10N4OS. The molecule has 0 unspecified atom stereocenters. The lowest BCUT2D eigenvalue weighted by atomic mass is 10.4. The summed E-state index contributed by atoms with van der Waals surface area (Å²) in [4.78, 5) is 17.1. The van der Waals surface area contributed by atoms with Crippen molar-refractivity contribution in [3.63, 3.8) is 0 Å². The summed E-state index contributed by atoms with van der Waals surface area (Å²) in [7, 11) is 0. The van der Waals surface area contributed by atoms with E-state index in [9.17, 15) is 4.79 Å². The highest BCUT2D eigenvalue weighted by atomic mass is 32.1. The van der Waals surface area contributed by atoms with Crippen molar-refractivity contribution < 1.29 is 0 Å². The van der Waals surface area contributed by atoms with Crippen molar-refractivity contribution in [3.05, 3.63) is 52.2 Å². The van der Waals surface area contributed by atoms with Crippen LogP contribution in [0.2, 0.25) is 0 Å². The lowest BCUT2D eigenvalue weighted by molar-refractivity contribution is 0.747. The topological polar surface area (TPSA) is 65.3 Å². The number of anilines is 1. The molecule has 5 nitrogen and oxygen atoms in total. The Labute approximate surface area is 101 Å². The van der Waals surface area contributed by atoms with Crippen LogP contribution < -0.4 is 11.3 Å². The normalized spacial score (nSPS) is 11.1. The third-order valence-electron chi connectivity index (χ3n) is 2.53. The van der Waals surface area contributed by atoms with Crippen LogP contribution in [0.5, 0.6) is 0 Å². The van der Waals surface area contributed by atoms with Gasteiger partial charge in [-0.25, -0.2) is 4.98 Å². The smallest absolute Gasteiger partial charge is 0.274 e. The standard InChI is InChI=1S/C11H10N4OS/c12-9-2-1-3-14(10(9)16)6-8-7-15-4-5-17-11(15)13-8/h1-5,7H,6,12H2. The van der Waals surface area contributed by atoms with Crippen LogP contribution in [-0.4, -0.2) is 14.0 Å². The Balaban J connectivity index is 1.99. The van der Waals surface area contributed by atoms with Crippen LogP contribution in [0.4, 0.5) is 5.69 Å². The lowest BCUT2D eigenvalue weighted by Gasteiger charge is -2.03. The van der Waals surface area contributed by atoms with Gasteiger partial charge in [-0.3, -0.25) is 9.20 Å². The van der Waals surface area contributed by atoms with Crippen molar-refractivity contribution >= 4 is 22.0 Å². The van der Waals surface area contributed by atoms with Gasteiger partial charge in [-0.1, -0.05) is 0 Å². The van der Waals surface area contributed by atoms with Gasteiger partial charge in [0.1, 0.15) is 0 Å². The molecule has 0 saturated carbocycles. The zero-order valence-electron chi connectivity index (χ0n) is 8.91. The number of hydrogen-bond donors (Lipinski definition) is 1. The summed E-state index contributed by atoms with van der Waals surface area (Å²) in [5, 5.41) is 1.97. The fourth-order valence-corrected chi connectivity index (χ4v) is 2.43. The van der Waals surface area contributed by atoms with Crippen molar-refractivity contribution in [1.82, 2.24) is 14.0 Å². The third kappa shape index (κ3) is 1.72. The van der Waals surface area contributed by atoms with Crippen molar-refractivity contribution in [2.24, 2.45) is 0 Å². The minimum absolute atomic E-state index is 0.177. The van der Waals surface area contributed by atoms with Crippen LogP contribution in [0.15, 0.2) is 40.9 Å². The number of pyridine rings is 1. The molecule has 0 saturated heterocycles. The van der Waals surface area contributed by atoms with Crippen LogP contribution in [-0.2, 0) is 6.54 Å². The number of imidazole rings is 1. The van der Waals surface area contributed by atoms with Crippen molar-refractivity contribution in [1.29, 1.82) is 0 Å². The number of aromatic nitrogens is 3. The largest absolute Gasteiger partial charge is 0.394 e. The molecule has 3 heterocycles. The predicted octanol–water partition coefficient (Wildman–Crippen LogP) is 1.19. The van der Waals surface area contributed by atoms with Crippen LogP contribution in [0.25, 0.3) is 4.96 Å². The first kappa shape index (κ1) is 10.1. The molecule has 2 N–H and O–H groups in total. The fourth-order valence-electron chi connectivity index (χ4n) is 1.71. The maximum absolute atomic E-state index is 11.7. The molecule has 0 amide bonds. The molecule has 0 aromatic carbocycles.